The molecule has 0 radical (unpaired) electrons. The fourth-order valence-corrected chi connectivity index (χ4v) is 2.71. The zero-order valence-electron chi connectivity index (χ0n) is 12.4. The third-order valence-electron chi connectivity index (χ3n) is 3.61. The summed E-state index contributed by atoms with van der Waals surface area (Å²) >= 11 is 5.95. The Morgan fingerprint density at radius 3 is 2.87 bits per heavy atom. The van der Waals surface area contributed by atoms with Gasteiger partial charge in [0.2, 0.25) is 5.88 Å². The zero-order chi connectivity index (χ0) is 16.7. The van der Waals surface area contributed by atoms with Gasteiger partial charge in [0.25, 0.3) is 5.91 Å². The van der Waals surface area contributed by atoms with Crippen molar-refractivity contribution in [3.8, 4) is 5.88 Å². The van der Waals surface area contributed by atoms with Crippen molar-refractivity contribution < 1.29 is 19.4 Å². The Morgan fingerprint density at radius 2 is 2.22 bits per heavy atom. The van der Waals surface area contributed by atoms with Gasteiger partial charge in [-0.15, -0.1) is 0 Å². The maximum absolute atomic E-state index is 12.7. The summed E-state index contributed by atoms with van der Waals surface area (Å²) in [6, 6.07) is 2.96. The Morgan fingerprint density at radius 1 is 1.48 bits per heavy atom. The fraction of sp³-hybridized carbons (Fsp3) is 0.286. The highest BCUT2D eigenvalue weighted by Crippen LogP contribution is 2.30. The van der Waals surface area contributed by atoms with Crippen LogP contribution in [0.15, 0.2) is 18.3 Å². The fourth-order valence-electron chi connectivity index (χ4n) is 2.52. The second-order valence-electron chi connectivity index (χ2n) is 5.08. The number of methoxy groups -OCH3 is 1. The second kappa shape index (κ2) is 5.54. The number of pyridine rings is 1. The number of fused-ring (bicyclic) bond motifs is 1. The first-order valence-electron chi connectivity index (χ1n) is 6.77. The number of carboxylic acid groups (broad SMARTS) is 1. The molecule has 120 valence electrons. The van der Waals surface area contributed by atoms with Crippen LogP contribution in [0.3, 0.4) is 0 Å². The summed E-state index contributed by atoms with van der Waals surface area (Å²) in [4.78, 5) is 29.6. The van der Waals surface area contributed by atoms with Crippen LogP contribution < -0.4 is 9.64 Å². The summed E-state index contributed by atoms with van der Waals surface area (Å²) in [6.07, 6.45) is 1.19. The number of aromatic carboxylic acids is 1. The van der Waals surface area contributed by atoms with Crippen molar-refractivity contribution in [1.82, 2.24) is 14.8 Å². The van der Waals surface area contributed by atoms with Gasteiger partial charge >= 0.3 is 5.97 Å². The lowest BCUT2D eigenvalue weighted by atomic mass is 10.1. The number of halogens is 1. The smallest absolute Gasteiger partial charge is 0.339 e. The molecule has 1 N–H and O–H groups in total. The number of amides is 1. The number of anilines is 1. The molecule has 0 saturated carbocycles. The molecule has 1 aliphatic heterocycles. The quantitative estimate of drug-likeness (QED) is 0.918. The number of carbonyl (C=O) groups is 2. The second-order valence-corrected chi connectivity index (χ2v) is 5.49. The van der Waals surface area contributed by atoms with Gasteiger partial charge in [0.05, 0.1) is 19.3 Å². The van der Waals surface area contributed by atoms with E-state index in [0.717, 1.165) is 0 Å². The number of carboxylic acids is 1. The van der Waals surface area contributed by atoms with E-state index in [2.05, 4.69) is 10.1 Å². The van der Waals surface area contributed by atoms with Crippen LogP contribution in [-0.4, -0.2) is 45.4 Å². The predicted octanol–water partition coefficient (Wildman–Crippen LogP) is 1.86. The SMILES string of the molecule is COc1nc(N2C[C@H](C)n3ncc(C(=O)O)c3C2=O)ccc1Cl. The molecule has 8 nitrogen and oxygen atoms in total. The highest BCUT2D eigenvalue weighted by Gasteiger charge is 2.35. The van der Waals surface area contributed by atoms with Crippen molar-refractivity contribution in [1.29, 1.82) is 0 Å². The van der Waals surface area contributed by atoms with E-state index in [9.17, 15) is 14.7 Å². The van der Waals surface area contributed by atoms with Crippen LogP contribution in [0, 0.1) is 0 Å². The number of hydrogen-bond donors (Lipinski definition) is 1. The molecule has 0 spiro atoms. The molecular weight excluding hydrogens is 324 g/mol. The third-order valence-corrected chi connectivity index (χ3v) is 3.89. The van der Waals surface area contributed by atoms with Gasteiger partial charge in [-0.05, 0) is 19.1 Å². The number of aromatic nitrogens is 3. The average Bonchev–Trinajstić information content (AvgIpc) is 2.97. The predicted molar refractivity (Wildman–Crippen MR) is 81.4 cm³/mol. The molecule has 2 aromatic rings. The molecule has 0 aromatic carbocycles. The normalized spacial score (nSPS) is 17.1. The average molecular weight is 337 g/mol. The van der Waals surface area contributed by atoms with Crippen LogP contribution in [0.5, 0.6) is 5.88 Å². The molecule has 0 aliphatic carbocycles. The summed E-state index contributed by atoms with van der Waals surface area (Å²) < 4.78 is 6.49. The van der Waals surface area contributed by atoms with Gasteiger partial charge in [-0.2, -0.15) is 10.1 Å². The molecule has 0 fully saturated rings. The number of nitrogens with zero attached hydrogens (tertiary/aromatic N) is 4. The van der Waals surface area contributed by atoms with E-state index >= 15 is 0 Å². The summed E-state index contributed by atoms with van der Waals surface area (Å²) in [5.74, 6) is -1.14. The van der Waals surface area contributed by atoms with Crippen LogP contribution in [0.25, 0.3) is 0 Å². The van der Waals surface area contributed by atoms with E-state index in [-0.39, 0.29) is 23.2 Å². The molecule has 0 bridgehead atoms. The number of ether oxygens (including phenoxy) is 1. The molecule has 0 saturated heterocycles. The van der Waals surface area contributed by atoms with Gasteiger partial charge in [0.1, 0.15) is 22.1 Å². The minimum Gasteiger partial charge on any atom is -0.480 e. The van der Waals surface area contributed by atoms with Gasteiger partial charge in [-0.25, -0.2) is 4.79 Å². The summed E-state index contributed by atoms with van der Waals surface area (Å²) in [5.41, 5.74) is -0.0977. The topological polar surface area (TPSA) is 97.6 Å². The van der Waals surface area contributed by atoms with Crippen molar-refractivity contribution >= 4 is 29.3 Å². The van der Waals surface area contributed by atoms with Crippen LogP contribution in [0.2, 0.25) is 5.02 Å². The lowest BCUT2D eigenvalue weighted by Crippen LogP contribution is -2.43. The highest BCUT2D eigenvalue weighted by atomic mass is 35.5. The standard InChI is InChI=1S/C14H13ClN4O4/c1-7-6-18(10-4-3-9(15)12(17-10)23-2)13(20)11-8(14(21)22)5-16-19(7)11/h3-5,7H,6H2,1-2H3,(H,21,22)/t7-/m0/s1. The maximum Gasteiger partial charge on any atom is 0.339 e. The van der Waals surface area contributed by atoms with Gasteiger partial charge < -0.3 is 9.84 Å². The summed E-state index contributed by atoms with van der Waals surface area (Å²) in [5, 5.41) is 13.6. The van der Waals surface area contributed by atoms with Gasteiger partial charge in [-0.3, -0.25) is 14.4 Å². The molecule has 23 heavy (non-hydrogen) atoms. The first-order valence-corrected chi connectivity index (χ1v) is 7.15. The van der Waals surface area contributed by atoms with Crippen molar-refractivity contribution in [2.75, 3.05) is 18.6 Å². The molecule has 1 aliphatic rings. The summed E-state index contributed by atoms with van der Waals surface area (Å²) in [7, 11) is 1.43. The Balaban J connectivity index is 2.08. The van der Waals surface area contributed by atoms with Crippen molar-refractivity contribution in [3.63, 3.8) is 0 Å². The first kappa shape index (κ1) is 15.3. The van der Waals surface area contributed by atoms with E-state index in [1.54, 1.807) is 12.1 Å². The van der Waals surface area contributed by atoms with Crippen molar-refractivity contribution in [2.45, 2.75) is 13.0 Å². The van der Waals surface area contributed by atoms with E-state index in [4.69, 9.17) is 16.3 Å². The zero-order valence-corrected chi connectivity index (χ0v) is 13.1. The Labute approximate surface area is 136 Å². The largest absolute Gasteiger partial charge is 0.480 e. The van der Waals surface area contributed by atoms with Gasteiger partial charge in [0.15, 0.2) is 0 Å². The van der Waals surface area contributed by atoms with Crippen molar-refractivity contribution in [2.24, 2.45) is 0 Å². The molecule has 3 rings (SSSR count). The van der Waals surface area contributed by atoms with E-state index in [1.165, 1.54) is 22.9 Å². The minimum absolute atomic E-state index is 0.0342. The Kier molecular flexibility index (Phi) is 3.69. The van der Waals surface area contributed by atoms with Crippen LogP contribution >= 0.6 is 11.6 Å². The Bertz CT molecular complexity index is 804. The molecule has 9 heteroatoms. The van der Waals surface area contributed by atoms with E-state index < -0.39 is 11.9 Å². The molecule has 0 unspecified atom stereocenters. The Hall–Kier alpha value is -2.61. The van der Waals surface area contributed by atoms with E-state index in [1.807, 2.05) is 6.92 Å². The van der Waals surface area contributed by atoms with E-state index in [0.29, 0.717) is 17.4 Å². The molecular formula is C14H13ClN4O4. The van der Waals surface area contributed by atoms with Crippen LogP contribution in [0.4, 0.5) is 5.82 Å². The molecule has 2 aromatic heterocycles. The molecule has 1 amide bonds. The third kappa shape index (κ3) is 2.40. The van der Waals surface area contributed by atoms with Crippen molar-refractivity contribution in [3.05, 3.63) is 34.6 Å². The lowest BCUT2D eigenvalue weighted by molar-refractivity contribution is 0.0690. The van der Waals surface area contributed by atoms with Crippen LogP contribution in [0.1, 0.15) is 33.8 Å². The summed E-state index contributed by atoms with van der Waals surface area (Å²) in [6.45, 7) is 2.15. The van der Waals surface area contributed by atoms with Crippen LogP contribution in [-0.2, 0) is 0 Å². The first-order chi connectivity index (χ1) is 10.9. The number of carbonyl (C=O) groups excluding carboxylic acids is 1. The van der Waals surface area contributed by atoms with Gasteiger partial charge in [-0.1, -0.05) is 11.6 Å². The lowest BCUT2D eigenvalue weighted by Gasteiger charge is -2.31. The molecule has 3 heterocycles. The molecule has 1 atom stereocenters. The monoisotopic (exact) mass is 336 g/mol. The highest BCUT2D eigenvalue weighted by molar-refractivity contribution is 6.31. The number of hydrogen-bond acceptors (Lipinski definition) is 5. The minimum atomic E-state index is -1.20. The van der Waals surface area contributed by atoms with Gasteiger partial charge in [0, 0.05) is 6.54 Å². The maximum atomic E-state index is 12.7. The number of rotatable bonds is 3.